The molecule has 0 radical (unpaired) electrons. The molecule has 3 aromatic heterocycles. The van der Waals surface area contributed by atoms with Crippen LogP contribution in [0.2, 0.25) is 0 Å². The van der Waals surface area contributed by atoms with Crippen molar-refractivity contribution in [2.75, 3.05) is 0 Å². The molecule has 0 aliphatic heterocycles. The summed E-state index contributed by atoms with van der Waals surface area (Å²) in [5.74, 6) is -0.629. The Morgan fingerprint density at radius 2 is 0.500 bits per heavy atom. The van der Waals surface area contributed by atoms with E-state index in [1.807, 2.05) is 6.07 Å². The van der Waals surface area contributed by atoms with E-state index >= 15 is 52.7 Å². The maximum atomic E-state index is 15.2. The zero-order valence-electron chi connectivity index (χ0n) is 53.5. The molecule has 546 valence electrons. The van der Waals surface area contributed by atoms with Crippen LogP contribution in [-0.4, -0.2) is 24.1 Å². The Balaban J connectivity index is 1.15. The average molecular weight is 1510 g/mol. The van der Waals surface area contributed by atoms with Gasteiger partial charge in [-0.05, 0) is 154 Å². The third-order valence-electron chi connectivity index (χ3n) is 18.0. The first kappa shape index (κ1) is 72.8. The topological polar surface area (TPSA) is 72.3 Å². The summed E-state index contributed by atoms with van der Waals surface area (Å²) in [6.07, 6.45) is -43.4. The van der Waals surface area contributed by atoms with Crippen LogP contribution < -0.4 is 0 Å². The molecule has 0 amide bonds. The van der Waals surface area contributed by atoms with E-state index in [0.717, 1.165) is 72.8 Å². The molecule has 0 atom stereocenters. The highest BCUT2D eigenvalue weighted by Crippen LogP contribution is 2.51. The van der Waals surface area contributed by atoms with Crippen molar-refractivity contribution in [3.8, 4) is 96.1 Å². The number of nitrogens with zero attached hydrogens (tertiary/aromatic N) is 6. The minimum absolute atomic E-state index is 0.114. The number of fused-ring (bicyclic) bond motifs is 6. The molecule has 0 N–H and O–H groups in total. The summed E-state index contributed by atoms with van der Waals surface area (Å²) in [7, 11) is 0. The van der Waals surface area contributed by atoms with E-state index in [4.69, 9.17) is 15.0 Å². The second kappa shape index (κ2) is 25.5. The molecule has 0 fully saturated rings. The van der Waals surface area contributed by atoms with Gasteiger partial charge in [0, 0.05) is 32.7 Å². The van der Waals surface area contributed by atoms with Crippen LogP contribution in [0, 0.1) is 11.3 Å². The van der Waals surface area contributed by atoms with Gasteiger partial charge in [-0.2, -0.15) is 111 Å². The van der Waals surface area contributed by atoms with E-state index in [1.165, 1.54) is 21.3 Å². The largest absolute Gasteiger partial charge is 0.417 e. The Morgan fingerprint density at radius 1 is 0.250 bits per heavy atom. The first-order chi connectivity index (χ1) is 50.5. The quantitative estimate of drug-likeness (QED) is 0.135. The summed E-state index contributed by atoms with van der Waals surface area (Å²) < 4.78 is 355. The van der Waals surface area contributed by atoms with Crippen molar-refractivity contribution in [3.05, 3.63) is 268 Å². The van der Waals surface area contributed by atoms with Crippen LogP contribution in [0.25, 0.3) is 134 Å². The summed E-state index contributed by atoms with van der Waals surface area (Å²) in [4.78, 5) is 14.7. The van der Waals surface area contributed by atoms with E-state index in [2.05, 4.69) is 0 Å². The minimum atomic E-state index is -5.52. The lowest BCUT2D eigenvalue weighted by molar-refractivity contribution is -0.144. The summed E-state index contributed by atoms with van der Waals surface area (Å²) in [6, 6.07) is 35.9. The highest BCUT2D eigenvalue weighted by atomic mass is 19.4. The smallest absolute Gasteiger partial charge is 0.308 e. The van der Waals surface area contributed by atoms with Crippen molar-refractivity contribution in [2.24, 2.45) is 0 Å². The van der Waals surface area contributed by atoms with Crippen LogP contribution >= 0.6 is 0 Å². The summed E-state index contributed by atoms with van der Waals surface area (Å²) >= 11 is 0. The molecule has 0 spiro atoms. The molecule has 6 nitrogen and oxygen atoms in total. The monoisotopic (exact) mass is 1510 g/mol. The van der Waals surface area contributed by atoms with Crippen LogP contribution in [0.15, 0.2) is 218 Å². The highest BCUT2D eigenvalue weighted by molar-refractivity contribution is 6.14. The molecule has 108 heavy (non-hydrogen) atoms. The SMILES string of the molecule is N#Cc1cc(-n2c3ccc(-c4ccc(C(F)(F)F)cc4C(F)(F)F)cc3c3cc(-c4ccc(C(F)(F)F)cc4C(F)(F)F)ccc32)c(-c2nc(-c3ccccc3)nc(-c3ccccc3)n2)c(-n2c3ccc(-c4ccc(C(F)(F)F)cc4C(F)(F)F)cc3c3cc(-c4ccc(C(F)(F)F)cc4C(F)(F)F)ccc32)c1. The van der Waals surface area contributed by atoms with Crippen LogP contribution in [0.5, 0.6) is 0 Å². The molecular weight excluding hydrogens is 1480 g/mol. The molecule has 11 aromatic carbocycles. The van der Waals surface area contributed by atoms with Crippen LogP contribution in [0.3, 0.4) is 0 Å². The normalized spacial score (nSPS) is 13.0. The summed E-state index contributed by atoms with van der Waals surface area (Å²) in [5.41, 5.74) is -21.0. The fourth-order valence-electron chi connectivity index (χ4n) is 13.2. The van der Waals surface area contributed by atoms with Gasteiger partial charge in [-0.25, -0.2) is 15.0 Å². The second-order valence-corrected chi connectivity index (χ2v) is 24.7. The summed E-state index contributed by atoms with van der Waals surface area (Å²) in [6.45, 7) is 0. The van der Waals surface area contributed by atoms with E-state index < -0.39 is 144 Å². The summed E-state index contributed by atoms with van der Waals surface area (Å²) in [5, 5.41) is 10.3. The van der Waals surface area contributed by atoms with Gasteiger partial charge < -0.3 is 9.13 Å². The van der Waals surface area contributed by atoms with Gasteiger partial charge >= 0.3 is 49.4 Å². The van der Waals surface area contributed by atoms with Gasteiger partial charge in [0.2, 0.25) is 0 Å². The van der Waals surface area contributed by atoms with Gasteiger partial charge in [-0.15, -0.1) is 0 Å². The molecule has 0 saturated heterocycles. The van der Waals surface area contributed by atoms with Gasteiger partial charge in [0.1, 0.15) is 0 Å². The molecule has 0 saturated carbocycles. The number of hydrogen-bond acceptors (Lipinski definition) is 4. The van der Waals surface area contributed by atoms with E-state index in [9.17, 15) is 57.9 Å². The van der Waals surface area contributed by atoms with Crippen molar-refractivity contribution in [1.29, 1.82) is 5.26 Å². The van der Waals surface area contributed by atoms with Crippen molar-refractivity contribution in [3.63, 3.8) is 0 Å². The standard InChI is InChI=1S/C78H36F24N6/c79-71(80,81)45-15-19-49(57(33-45)75(91,92)93)41-11-23-61-53(29-41)54-30-42(50-20-16-46(72(82,83)84)34-58(50)76(94,95)96)12-24-62(54)107(61)65-27-38(37-103)28-66(67(65)70-105-68(39-7-3-1-4-8-39)104-69(106-70)40-9-5-2-6-10-40)108-63-25-13-43(51-21-17-47(73(85,86)87)35-59(51)77(97,98)99)31-55(63)56-32-44(14-26-64(56)108)52-22-18-48(74(88,89)90)36-60(52)78(100,101)102/h1-36H. The van der Waals surface area contributed by atoms with Gasteiger partial charge in [-0.1, -0.05) is 109 Å². The van der Waals surface area contributed by atoms with Gasteiger partial charge in [0.05, 0.1) is 95.1 Å². The van der Waals surface area contributed by atoms with Crippen LogP contribution in [0.1, 0.15) is 50.1 Å². The molecule has 3 heterocycles. The molecular formula is C78H36F24N6. The predicted molar refractivity (Wildman–Crippen MR) is 351 cm³/mol. The number of alkyl halides is 24. The molecule has 30 heteroatoms. The van der Waals surface area contributed by atoms with Crippen molar-refractivity contribution >= 4 is 43.6 Å². The Bertz CT molecular complexity index is 5390. The second-order valence-electron chi connectivity index (χ2n) is 24.7. The third kappa shape index (κ3) is 13.4. The van der Waals surface area contributed by atoms with E-state index in [1.54, 1.807) is 60.7 Å². The Morgan fingerprint density at radius 3 is 0.731 bits per heavy atom. The fourth-order valence-corrected chi connectivity index (χ4v) is 13.2. The minimum Gasteiger partial charge on any atom is -0.308 e. The van der Waals surface area contributed by atoms with Crippen molar-refractivity contribution in [1.82, 2.24) is 24.1 Å². The van der Waals surface area contributed by atoms with Crippen molar-refractivity contribution < 1.29 is 105 Å². The molecule has 14 aromatic rings. The number of halogens is 24. The van der Waals surface area contributed by atoms with E-state index in [-0.39, 0.29) is 113 Å². The zero-order chi connectivity index (χ0) is 77.5. The van der Waals surface area contributed by atoms with Gasteiger partial charge in [-0.3, -0.25) is 0 Å². The van der Waals surface area contributed by atoms with Crippen LogP contribution in [0.4, 0.5) is 105 Å². The average Bonchev–Trinajstić information content (AvgIpc) is 1.54. The highest BCUT2D eigenvalue weighted by Gasteiger charge is 2.44. The van der Waals surface area contributed by atoms with Gasteiger partial charge in [0.25, 0.3) is 0 Å². The Kier molecular flexibility index (Phi) is 17.2. The molecule has 0 unspecified atom stereocenters. The number of hydrogen-bond donors (Lipinski definition) is 0. The third-order valence-corrected chi connectivity index (χ3v) is 18.0. The number of nitriles is 1. The molecule has 0 aliphatic carbocycles. The fraction of sp³-hybridized carbons (Fsp3) is 0.103. The van der Waals surface area contributed by atoms with Crippen molar-refractivity contribution in [2.45, 2.75) is 49.4 Å². The zero-order valence-corrected chi connectivity index (χ0v) is 53.5. The maximum absolute atomic E-state index is 15.2. The molecule has 0 aliphatic rings. The lowest BCUT2D eigenvalue weighted by atomic mass is 9.94. The van der Waals surface area contributed by atoms with E-state index in [0.29, 0.717) is 48.5 Å². The molecule has 14 rings (SSSR count). The first-order valence-corrected chi connectivity index (χ1v) is 31.3. The van der Waals surface area contributed by atoms with Gasteiger partial charge in [0.15, 0.2) is 17.5 Å². The number of benzene rings is 11. The maximum Gasteiger partial charge on any atom is 0.417 e. The predicted octanol–water partition coefficient (Wildman–Crippen LogP) is 25.8. The Hall–Kier alpha value is -12.2. The lowest BCUT2D eigenvalue weighted by Gasteiger charge is -2.21. The Labute approximate surface area is 590 Å². The molecule has 0 bridgehead atoms. The number of aromatic nitrogens is 5. The first-order valence-electron chi connectivity index (χ1n) is 31.3. The lowest BCUT2D eigenvalue weighted by Crippen LogP contribution is -2.12. The number of rotatable bonds is 9. The van der Waals surface area contributed by atoms with Crippen LogP contribution in [-0.2, 0) is 49.4 Å².